The van der Waals surface area contributed by atoms with Gasteiger partial charge in [0.25, 0.3) is 0 Å². The Hall–Kier alpha value is -1.65. The van der Waals surface area contributed by atoms with Gasteiger partial charge in [-0.15, -0.1) is 0 Å². The lowest BCUT2D eigenvalue weighted by Gasteiger charge is -2.23. The summed E-state index contributed by atoms with van der Waals surface area (Å²) in [5.74, 6) is 1.42. The van der Waals surface area contributed by atoms with Crippen LogP contribution >= 0.6 is 11.6 Å². The third-order valence-electron chi connectivity index (χ3n) is 3.30. The molecular formula is C15H16ClN3O. The molecule has 104 valence electrons. The van der Waals surface area contributed by atoms with E-state index in [1.807, 2.05) is 30.3 Å². The Morgan fingerprint density at radius 1 is 1.10 bits per heavy atom. The lowest BCUT2D eigenvalue weighted by atomic mass is 10.1. The van der Waals surface area contributed by atoms with Crippen molar-refractivity contribution >= 4 is 17.4 Å². The van der Waals surface area contributed by atoms with Gasteiger partial charge in [-0.1, -0.05) is 41.9 Å². The zero-order chi connectivity index (χ0) is 13.8. The Bertz CT molecular complexity index is 571. The molecule has 1 aliphatic heterocycles. The quantitative estimate of drug-likeness (QED) is 0.880. The molecule has 3 rings (SSSR count). The molecule has 0 bridgehead atoms. The van der Waals surface area contributed by atoms with Crippen molar-refractivity contribution in [3.8, 4) is 11.4 Å². The highest BCUT2D eigenvalue weighted by Crippen LogP contribution is 2.21. The van der Waals surface area contributed by atoms with Gasteiger partial charge < -0.3 is 10.1 Å². The fourth-order valence-corrected chi connectivity index (χ4v) is 2.44. The molecule has 1 fully saturated rings. The predicted octanol–water partition coefficient (Wildman–Crippen LogP) is 3.39. The molecule has 0 aliphatic carbocycles. The topological polar surface area (TPSA) is 47.0 Å². The van der Waals surface area contributed by atoms with Gasteiger partial charge in [0, 0.05) is 30.9 Å². The number of nitrogens with zero attached hydrogens (tertiary/aromatic N) is 2. The van der Waals surface area contributed by atoms with Crippen LogP contribution in [0, 0.1) is 0 Å². The largest absolute Gasteiger partial charge is 0.381 e. The van der Waals surface area contributed by atoms with E-state index in [1.165, 1.54) is 0 Å². The minimum atomic E-state index is 0.387. The van der Waals surface area contributed by atoms with Crippen molar-refractivity contribution in [1.29, 1.82) is 0 Å². The molecule has 4 nitrogen and oxygen atoms in total. The summed E-state index contributed by atoms with van der Waals surface area (Å²) in [5.41, 5.74) is 0.963. The fraction of sp³-hybridized carbons (Fsp3) is 0.333. The number of nitrogens with one attached hydrogen (secondary N) is 1. The van der Waals surface area contributed by atoms with Crippen molar-refractivity contribution in [3.05, 3.63) is 41.6 Å². The predicted molar refractivity (Wildman–Crippen MR) is 79.9 cm³/mol. The fourth-order valence-electron chi connectivity index (χ4n) is 2.26. The lowest BCUT2D eigenvalue weighted by Crippen LogP contribution is -2.28. The molecule has 1 N–H and O–H groups in total. The summed E-state index contributed by atoms with van der Waals surface area (Å²) in [6.45, 7) is 1.59. The van der Waals surface area contributed by atoms with Crippen LogP contribution in [0.15, 0.2) is 36.4 Å². The Balaban J connectivity index is 1.83. The second-order valence-electron chi connectivity index (χ2n) is 4.80. The number of benzene rings is 1. The van der Waals surface area contributed by atoms with Gasteiger partial charge in [0.2, 0.25) is 0 Å². The zero-order valence-electron chi connectivity index (χ0n) is 11.1. The van der Waals surface area contributed by atoms with Crippen LogP contribution in [0.3, 0.4) is 0 Å². The van der Waals surface area contributed by atoms with Gasteiger partial charge in [-0.25, -0.2) is 9.97 Å². The van der Waals surface area contributed by atoms with Crippen LogP contribution in [-0.2, 0) is 4.74 Å². The number of rotatable bonds is 3. The molecular weight excluding hydrogens is 274 g/mol. The smallest absolute Gasteiger partial charge is 0.163 e. The minimum absolute atomic E-state index is 0.387. The van der Waals surface area contributed by atoms with Crippen LogP contribution in [0.25, 0.3) is 11.4 Å². The van der Waals surface area contributed by atoms with E-state index in [9.17, 15) is 0 Å². The van der Waals surface area contributed by atoms with Crippen LogP contribution in [0.5, 0.6) is 0 Å². The molecule has 1 aromatic carbocycles. The number of hydrogen-bond acceptors (Lipinski definition) is 4. The maximum Gasteiger partial charge on any atom is 0.163 e. The van der Waals surface area contributed by atoms with Crippen molar-refractivity contribution < 1.29 is 4.74 Å². The molecule has 2 aromatic rings. The van der Waals surface area contributed by atoms with Crippen molar-refractivity contribution in [2.75, 3.05) is 18.5 Å². The van der Waals surface area contributed by atoms with Crippen LogP contribution in [-0.4, -0.2) is 29.2 Å². The number of ether oxygens (including phenoxy) is 1. The van der Waals surface area contributed by atoms with E-state index in [2.05, 4.69) is 15.3 Å². The van der Waals surface area contributed by atoms with Gasteiger partial charge in [0.05, 0.1) is 0 Å². The molecule has 0 radical (unpaired) electrons. The maximum absolute atomic E-state index is 6.10. The number of anilines is 1. The van der Waals surface area contributed by atoms with Gasteiger partial charge >= 0.3 is 0 Å². The van der Waals surface area contributed by atoms with E-state index in [0.29, 0.717) is 17.0 Å². The molecule has 0 spiro atoms. The normalized spacial score (nSPS) is 16.1. The van der Waals surface area contributed by atoms with E-state index in [1.54, 1.807) is 6.07 Å². The molecule has 5 heteroatoms. The van der Waals surface area contributed by atoms with Crippen molar-refractivity contribution in [2.45, 2.75) is 18.9 Å². The average Bonchev–Trinajstić information content (AvgIpc) is 2.49. The first kappa shape index (κ1) is 13.3. The van der Waals surface area contributed by atoms with Crippen LogP contribution in [0.2, 0.25) is 5.15 Å². The van der Waals surface area contributed by atoms with Crippen LogP contribution in [0.1, 0.15) is 12.8 Å². The Labute approximate surface area is 123 Å². The number of aromatic nitrogens is 2. The summed E-state index contributed by atoms with van der Waals surface area (Å²) >= 11 is 6.10. The molecule has 0 saturated carbocycles. The highest BCUT2D eigenvalue weighted by atomic mass is 35.5. The summed E-state index contributed by atoms with van der Waals surface area (Å²) < 4.78 is 5.36. The average molecular weight is 290 g/mol. The first-order valence-corrected chi connectivity index (χ1v) is 7.13. The summed E-state index contributed by atoms with van der Waals surface area (Å²) in [6, 6.07) is 12.0. The molecule has 2 heterocycles. The van der Waals surface area contributed by atoms with E-state index in [-0.39, 0.29) is 0 Å². The molecule has 0 atom stereocenters. The Morgan fingerprint density at radius 2 is 1.85 bits per heavy atom. The monoisotopic (exact) mass is 289 g/mol. The van der Waals surface area contributed by atoms with Crippen LogP contribution in [0.4, 0.5) is 5.82 Å². The number of hydrogen-bond donors (Lipinski definition) is 1. The molecule has 0 unspecified atom stereocenters. The third-order valence-corrected chi connectivity index (χ3v) is 3.49. The van der Waals surface area contributed by atoms with E-state index in [0.717, 1.165) is 37.4 Å². The molecule has 1 saturated heterocycles. The highest BCUT2D eigenvalue weighted by Gasteiger charge is 2.15. The second-order valence-corrected chi connectivity index (χ2v) is 5.18. The SMILES string of the molecule is Clc1cc(NC2CCOCC2)nc(-c2ccccc2)n1. The minimum Gasteiger partial charge on any atom is -0.381 e. The maximum atomic E-state index is 6.10. The van der Waals surface area contributed by atoms with E-state index < -0.39 is 0 Å². The summed E-state index contributed by atoms with van der Waals surface area (Å²) in [7, 11) is 0. The number of halogens is 1. The summed E-state index contributed by atoms with van der Waals surface area (Å²) in [6.07, 6.45) is 1.98. The standard InChI is InChI=1S/C15H16ClN3O/c16-13-10-14(17-12-6-8-20-9-7-12)19-15(18-13)11-4-2-1-3-5-11/h1-5,10,12H,6-9H2,(H,17,18,19). The van der Waals surface area contributed by atoms with E-state index in [4.69, 9.17) is 16.3 Å². The first-order chi connectivity index (χ1) is 9.81. The van der Waals surface area contributed by atoms with Crippen molar-refractivity contribution in [3.63, 3.8) is 0 Å². The van der Waals surface area contributed by atoms with Gasteiger partial charge in [-0.3, -0.25) is 0 Å². The molecule has 20 heavy (non-hydrogen) atoms. The Kier molecular flexibility index (Phi) is 4.14. The van der Waals surface area contributed by atoms with Gasteiger partial charge in [-0.05, 0) is 12.8 Å². The summed E-state index contributed by atoms with van der Waals surface area (Å²) in [5, 5.41) is 3.87. The summed E-state index contributed by atoms with van der Waals surface area (Å²) in [4.78, 5) is 8.84. The lowest BCUT2D eigenvalue weighted by molar-refractivity contribution is 0.0904. The van der Waals surface area contributed by atoms with Gasteiger partial charge in [0.15, 0.2) is 5.82 Å². The van der Waals surface area contributed by atoms with E-state index >= 15 is 0 Å². The zero-order valence-corrected chi connectivity index (χ0v) is 11.8. The van der Waals surface area contributed by atoms with Crippen molar-refractivity contribution in [1.82, 2.24) is 9.97 Å². The highest BCUT2D eigenvalue weighted by molar-refractivity contribution is 6.29. The third kappa shape index (κ3) is 3.26. The molecule has 0 amide bonds. The second kappa shape index (κ2) is 6.20. The molecule has 1 aromatic heterocycles. The van der Waals surface area contributed by atoms with Gasteiger partial charge in [-0.2, -0.15) is 0 Å². The van der Waals surface area contributed by atoms with Crippen LogP contribution < -0.4 is 5.32 Å². The Morgan fingerprint density at radius 3 is 2.60 bits per heavy atom. The molecule has 1 aliphatic rings. The first-order valence-electron chi connectivity index (χ1n) is 6.75. The van der Waals surface area contributed by atoms with Gasteiger partial charge in [0.1, 0.15) is 11.0 Å². The van der Waals surface area contributed by atoms with Crippen molar-refractivity contribution in [2.24, 2.45) is 0 Å².